The molecule has 0 aliphatic carbocycles. The molecule has 2 aromatic carbocycles. The van der Waals surface area contributed by atoms with Crippen LogP contribution >= 0.6 is 23.2 Å². The van der Waals surface area contributed by atoms with Crippen molar-refractivity contribution in [3.8, 4) is 0 Å². The average Bonchev–Trinajstić information content (AvgIpc) is 2.46. The van der Waals surface area contributed by atoms with Gasteiger partial charge in [0, 0.05) is 16.5 Å². The van der Waals surface area contributed by atoms with Crippen molar-refractivity contribution in [3.63, 3.8) is 0 Å². The van der Waals surface area contributed by atoms with E-state index in [0.717, 1.165) is 30.1 Å². The third-order valence-electron chi connectivity index (χ3n) is 3.31. The van der Waals surface area contributed by atoms with E-state index in [1.165, 1.54) is 11.1 Å². The molecule has 0 fully saturated rings. The molecule has 0 spiro atoms. The second kappa shape index (κ2) is 8.23. The van der Waals surface area contributed by atoms with Gasteiger partial charge in [0.25, 0.3) is 0 Å². The SMILES string of the molecule is C/C(=C\c1ccccc1)C[NH2+]CCc1ccc(Cl)cc1Cl. The van der Waals surface area contributed by atoms with Gasteiger partial charge in [-0.05, 0) is 35.8 Å². The van der Waals surface area contributed by atoms with E-state index >= 15 is 0 Å². The third-order valence-corrected chi connectivity index (χ3v) is 3.90. The van der Waals surface area contributed by atoms with Crippen molar-refractivity contribution in [1.29, 1.82) is 0 Å². The lowest BCUT2D eigenvalue weighted by atomic mass is 10.1. The van der Waals surface area contributed by atoms with E-state index in [-0.39, 0.29) is 0 Å². The molecule has 0 atom stereocenters. The van der Waals surface area contributed by atoms with Crippen LogP contribution in [0.3, 0.4) is 0 Å². The number of halogens is 2. The van der Waals surface area contributed by atoms with E-state index in [2.05, 4.69) is 42.6 Å². The van der Waals surface area contributed by atoms with E-state index < -0.39 is 0 Å². The van der Waals surface area contributed by atoms with Gasteiger partial charge in [-0.3, -0.25) is 0 Å². The molecular weight excluding hydrogens is 301 g/mol. The number of nitrogens with two attached hydrogens (primary N) is 1. The second-order valence-corrected chi connectivity index (χ2v) is 6.01. The van der Waals surface area contributed by atoms with Crippen molar-refractivity contribution in [1.82, 2.24) is 0 Å². The Balaban J connectivity index is 1.78. The van der Waals surface area contributed by atoms with Crippen LogP contribution in [0.25, 0.3) is 6.08 Å². The Morgan fingerprint density at radius 2 is 1.86 bits per heavy atom. The molecule has 2 aromatic rings. The Bertz CT molecular complexity index is 606. The summed E-state index contributed by atoms with van der Waals surface area (Å²) in [7, 11) is 0. The highest BCUT2D eigenvalue weighted by molar-refractivity contribution is 6.35. The van der Waals surface area contributed by atoms with Crippen LogP contribution in [0, 0.1) is 0 Å². The van der Waals surface area contributed by atoms with Crippen molar-refractivity contribution in [3.05, 3.63) is 75.3 Å². The van der Waals surface area contributed by atoms with E-state index in [9.17, 15) is 0 Å². The molecule has 0 saturated carbocycles. The largest absolute Gasteiger partial charge is 0.342 e. The Hall–Kier alpha value is -1.28. The fourth-order valence-electron chi connectivity index (χ4n) is 2.20. The first-order chi connectivity index (χ1) is 10.1. The molecule has 2 rings (SSSR count). The summed E-state index contributed by atoms with van der Waals surface area (Å²) < 4.78 is 0. The molecule has 0 aliphatic rings. The molecule has 3 heteroatoms. The molecule has 0 bridgehead atoms. The Morgan fingerprint density at radius 1 is 1.10 bits per heavy atom. The molecule has 110 valence electrons. The van der Waals surface area contributed by atoms with Crippen LogP contribution in [0.1, 0.15) is 18.1 Å². The predicted molar refractivity (Wildman–Crippen MR) is 91.9 cm³/mol. The lowest BCUT2D eigenvalue weighted by molar-refractivity contribution is -0.647. The number of quaternary nitrogens is 1. The van der Waals surface area contributed by atoms with Crippen LogP contribution in [0.5, 0.6) is 0 Å². The molecular formula is C18H20Cl2N+. The topological polar surface area (TPSA) is 16.6 Å². The van der Waals surface area contributed by atoms with Gasteiger partial charge in [-0.1, -0.05) is 65.7 Å². The lowest BCUT2D eigenvalue weighted by Gasteiger charge is -2.05. The zero-order valence-corrected chi connectivity index (χ0v) is 13.7. The van der Waals surface area contributed by atoms with Gasteiger partial charge in [0.1, 0.15) is 0 Å². The fraction of sp³-hybridized carbons (Fsp3) is 0.222. The molecule has 0 amide bonds. The van der Waals surface area contributed by atoms with Gasteiger partial charge >= 0.3 is 0 Å². The first kappa shape index (κ1) is 16.1. The summed E-state index contributed by atoms with van der Waals surface area (Å²) in [5, 5.41) is 3.75. The first-order valence-corrected chi connectivity index (χ1v) is 7.88. The van der Waals surface area contributed by atoms with Crippen LogP contribution in [0.4, 0.5) is 0 Å². The highest BCUT2D eigenvalue weighted by Crippen LogP contribution is 2.20. The molecule has 0 saturated heterocycles. The van der Waals surface area contributed by atoms with Gasteiger partial charge in [0.15, 0.2) is 0 Å². The second-order valence-electron chi connectivity index (χ2n) is 5.17. The molecule has 1 nitrogen and oxygen atoms in total. The number of hydrogen-bond donors (Lipinski definition) is 1. The summed E-state index contributed by atoms with van der Waals surface area (Å²) in [6, 6.07) is 16.1. The molecule has 0 radical (unpaired) electrons. The van der Waals surface area contributed by atoms with Gasteiger partial charge in [-0.15, -0.1) is 0 Å². The van der Waals surface area contributed by atoms with Gasteiger partial charge < -0.3 is 5.32 Å². The number of benzene rings is 2. The van der Waals surface area contributed by atoms with E-state index in [0.29, 0.717) is 5.02 Å². The van der Waals surface area contributed by atoms with Gasteiger partial charge in [0.2, 0.25) is 0 Å². The smallest absolute Gasteiger partial charge is 0.0972 e. The number of hydrogen-bond acceptors (Lipinski definition) is 0. The van der Waals surface area contributed by atoms with Crippen LogP contribution in [0.15, 0.2) is 54.1 Å². The lowest BCUT2D eigenvalue weighted by Crippen LogP contribution is -2.85. The van der Waals surface area contributed by atoms with Crippen molar-refractivity contribution < 1.29 is 5.32 Å². The predicted octanol–water partition coefficient (Wildman–Crippen LogP) is 4.20. The maximum absolute atomic E-state index is 6.17. The summed E-state index contributed by atoms with van der Waals surface area (Å²) in [4.78, 5) is 0. The molecule has 0 heterocycles. The minimum absolute atomic E-state index is 0.689. The summed E-state index contributed by atoms with van der Waals surface area (Å²) >= 11 is 12.1. The minimum atomic E-state index is 0.689. The van der Waals surface area contributed by atoms with Crippen molar-refractivity contribution >= 4 is 29.3 Å². The van der Waals surface area contributed by atoms with Crippen molar-refractivity contribution in [2.45, 2.75) is 13.3 Å². The number of rotatable bonds is 6. The minimum Gasteiger partial charge on any atom is -0.342 e. The quantitative estimate of drug-likeness (QED) is 0.768. The summed E-state index contributed by atoms with van der Waals surface area (Å²) in [5.74, 6) is 0. The van der Waals surface area contributed by atoms with Gasteiger partial charge in [-0.25, -0.2) is 0 Å². The first-order valence-electron chi connectivity index (χ1n) is 7.13. The Morgan fingerprint density at radius 3 is 2.57 bits per heavy atom. The van der Waals surface area contributed by atoms with E-state index in [1.807, 2.05) is 18.2 Å². The van der Waals surface area contributed by atoms with Crippen molar-refractivity contribution in [2.24, 2.45) is 0 Å². The van der Waals surface area contributed by atoms with Crippen LogP contribution < -0.4 is 5.32 Å². The monoisotopic (exact) mass is 320 g/mol. The summed E-state index contributed by atoms with van der Waals surface area (Å²) in [5.41, 5.74) is 3.77. The normalized spacial score (nSPS) is 11.7. The molecule has 0 unspecified atom stereocenters. The highest BCUT2D eigenvalue weighted by atomic mass is 35.5. The zero-order valence-electron chi connectivity index (χ0n) is 12.2. The fourth-order valence-corrected chi connectivity index (χ4v) is 2.71. The van der Waals surface area contributed by atoms with Crippen molar-refractivity contribution in [2.75, 3.05) is 13.1 Å². The van der Waals surface area contributed by atoms with Crippen LogP contribution in [-0.4, -0.2) is 13.1 Å². The van der Waals surface area contributed by atoms with E-state index in [1.54, 1.807) is 6.07 Å². The van der Waals surface area contributed by atoms with Crippen LogP contribution in [0.2, 0.25) is 10.0 Å². The maximum atomic E-state index is 6.17. The Labute approximate surface area is 136 Å². The third kappa shape index (κ3) is 5.55. The molecule has 2 N–H and O–H groups in total. The summed E-state index contributed by atoms with van der Waals surface area (Å²) in [6.07, 6.45) is 3.18. The Kier molecular flexibility index (Phi) is 6.31. The zero-order chi connectivity index (χ0) is 15.1. The van der Waals surface area contributed by atoms with Gasteiger partial charge in [0.05, 0.1) is 13.1 Å². The molecule has 21 heavy (non-hydrogen) atoms. The van der Waals surface area contributed by atoms with Crippen LogP contribution in [-0.2, 0) is 6.42 Å². The maximum Gasteiger partial charge on any atom is 0.0972 e. The molecule has 0 aliphatic heterocycles. The molecule has 0 aromatic heterocycles. The standard InChI is InChI=1S/C18H19Cl2N/c1-14(11-15-5-3-2-4-6-15)13-21-10-9-16-7-8-17(19)12-18(16)20/h2-8,11-12,21H,9-10,13H2,1H3/p+1/b14-11+. The van der Waals surface area contributed by atoms with Gasteiger partial charge in [-0.2, -0.15) is 0 Å². The highest BCUT2D eigenvalue weighted by Gasteiger charge is 2.02. The average molecular weight is 321 g/mol. The van der Waals surface area contributed by atoms with E-state index in [4.69, 9.17) is 23.2 Å². The summed E-state index contributed by atoms with van der Waals surface area (Å²) in [6.45, 7) is 4.18.